The highest BCUT2D eigenvalue weighted by Gasteiger charge is 2.62. The molecule has 0 bridgehead atoms. The minimum atomic E-state index is -0.491. The minimum absolute atomic E-state index is 0.0642. The normalized spacial score (nSPS) is 23.8. The Kier molecular flexibility index (Phi) is 3.26. The second-order valence-electron chi connectivity index (χ2n) is 5.33. The van der Waals surface area contributed by atoms with Crippen LogP contribution < -0.4 is 11.5 Å². The van der Waals surface area contributed by atoms with Crippen molar-refractivity contribution in [3.05, 3.63) is 34.6 Å². The highest BCUT2D eigenvalue weighted by molar-refractivity contribution is 6.30. The van der Waals surface area contributed by atoms with Gasteiger partial charge in [-0.2, -0.15) is 4.99 Å². The van der Waals surface area contributed by atoms with Gasteiger partial charge in [0.05, 0.1) is 10.9 Å². The fraction of sp³-hybridized carbons (Fsp3) is 0.385. The quantitative estimate of drug-likeness (QED) is 0.643. The Morgan fingerprint density at radius 3 is 2.58 bits per heavy atom. The molecule has 102 valence electrons. The van der Waals surface area contributed by atoms with Crippen molar-refractivity contribution in [3.63, 3.8) is 0 Å². The number of rotatable bonds is 2. The lowest BCUT2D eigenvalue weighted by molar-refractivity contribution is -0.119. The number of aliphatic imine (C=N–C) groups is 1. The second-order valence-corrected chi connectivity index (χ2v) is 5.73. The monoisotopic (exact) mass is 283 g/mol. The van der Waals surface area contributed by atoms with Gasteiger partial charge in [-0.25, -0.2) is 4.39 Å². The van der Waals surface area contributed by atoms with Crippen LogP contribution in [0.2, 0.25) is 5.02 Å². The van der Waals surface area contributed by atoms with Crippen molar-refractivity contribution < 1.29 is 9.18 Å². The molecule has 1 aromatic carbocycles. The van der Waals surface area contributed by atoms with Gasteiger partial charge in [-0.05, 0) is 23.1 Å². The van der Waals surface area contributed by atoms with Crippen LogP contribution in [-0.2, 0) is 4.79 Å². The van der Waals surface area contributed by atoms with Gasteiger partial charge in [0.1, 0.15) is 5.82 Å². The molecule has 0 heterocycles. The number of nitrogens with zero attached hydrogens (tertiary/aromatic N) is 1. The Bertz CT molecular complexity index is 567. The van der Waals surface area contributed by atoms with Gasteiger partial charge in [0.2, 0.25) is 0 Å². The molecule has 0 aliphatic heterocycles. The van der Waals surface area contributed by atoms with Gasteiger partial charge < -0.3 is 11.5 Å². The molecule has 2 unspecified atom stereocenters. The number of halogens is 2. The number of hydrogen-bond donors (Lipinski definition) is 2. The highest BCUT2D eigenvalue weighted by Crippen LogP contribution is 2.64. The molecule has 0 aromatic heterocycles. The molecule has 1 aliphatic carbocycles. The summed E-state index contributed by atoms with van der Waals surface area (Å²) in [5.41, 5.74) is 10.8. The van der Waals surface area contributed by atoms with E-state index in [0.717, 1.165) is 5.56 Å². The molecule has 1 amide bonds. The molecule has 0 spiro atoms. The fourth-order valence-corrected chi connectivity index (χ4v) is 2.74. The van der Waals surface area contributed by atoms with Crippen LogP contribution in [0.1, 0.15) is 25.3 Å². The molecule has 19 heavy (non-hydrogen) atoms. The average molecular weight is 284 g/mol. The van der Waals surface area contributed by atoms with E-state index in [1.165, 1.54) is 12.1 Å². The molecule has 2 rings (SSSR count). The van der Waals surface area contributed by atoms with Gasteiger partial charge in [-0.1, -0.05) is 31.5 Å². The largest absolute Gasteiger partial charge is 0.370 e. The molecule has 1 saturated carbocycles. The summed E-state index contributed by atoms with van der Waals surface area (Å²) in [5.74, 6) is -1.56. The van der Waals surface area contributed by atoms with Gasteiger partial charge in [0.15, 0.2) is 5.96 Å². The van der Waals surface area contributed by atoms with Crippen molar-refractivity contribution in [2.45, 2.75) is 19.8 Å². The first-order valence-electron chi connectivity index (χ1n) is 5.83. The Labute approximate surface area is 115 Å². The SMILES string of the molecule is CC1(C)C(C(=O)N=C(N)N)C1c1ccc(Cl)c(F)c1. The van der Waals surface area contributed by atoms with Crippen LogP contribution in [0.4, 0.5) is 4.39 Å². The van der Waals surface area contributed by atoms with E-state index in [1.807, 2.05) is 13.8 Å². The van der Waals surface area contributed by atoms with E-state index in [2.05, 4.69) is 4.99 Å². The Morgan fingerprint density at radius 2 is 2.05 bits per heavy atom. The first-order chi connectivity index (χ1) is 8.75. The Morgan fingerprint density at radius 1 is 1.42 bits per heavy atom. The van der Waals surface area contributed by atoms with E-state index in [4.69, 9.17) is 23.1 Å². The number of carbonyl (C=O) groups is 1. The summed E-state index contributed by atoms with van der Waals surface area (Å²) >= 11 is 5.65. The summed E-state index contributed by atoms with van der Waals surface area (Å²) < 4.78 is 13.5. The lowest BCUT2D eigenvalue weighted by Gasteiger charge is -2.03. The van der Waals surface area contributed by atoms with Crippen LogP contribution in [0.15, 0.2) is 23.2 Å². The minimum Gasteiger partial charge on any atom is -0.370 e. The summed E-state index contributed by atoms with van der Waals surface area (Å²) in [6.07, 6.45) is 0. The molecule has 1 aliphatic rings. The van der Waals surface area contributed by atoms with Gasteiger partial charge in [-0.3, -0.25) is 4.79 Å². The smallest absolute Gasteiger partial charge is 0.253 e. The summed E-state index contributed by atoms with van der Waals surface area (Å²) in [6.45, 7) is 3.85. The standard InChI is InChI=1S/C13H15ClFN3O/c1-13(2)9(10(13)11(19)18-12(16)17)6-3-4-7(14)8(15)5-6/h3-5,9-10H,1-2H3,(H4,16,17,18,19). The predicted molar refractivity (Wildman–Crippen MR) is 72.2 cm³/mol. The third kappa shape index (κ3) is 2.42. The van der Waals surface area contributed by atoms with Crippen LogP contribution in [0.3, 0.4) is 0 Å². The molecule has 2 atom stereocenters. The number of nitrogens with two attached hydrogens (primary N) is 2. The molecule has 1 aromatic rings. The maximum Gasteiger partial charge on any atom is 0.253 e. The van der Waals surface area contributed by atoms with Crippen molar-refractivity contribution in [3.8, 4) is 0 Å². The third-order valence-electron chi connectivity index (χ3n) is 3.64. The van der Waals surface area contributed by atoms with Crippen LogP contribution in [-0.4, -0.2) is 11.9 Å². The molecular formula is C13H15ClFN3O. The van der Waals surface area contributed by atoms with Crippen LogP contribution in [0, 0.1) is 17.2 Å². The number of guanidine groups is 1. The second kappa shape index (κ2) is 4.49. The number of hydrogen-bond acceptors (Lipinski definition) is 1. The van der Waals surface area contributed by atoms with Crippen LogP contribution in [0.5, 0.6) is 0 Å². The first kappa shape index (κ1) is 13.8. The van der Waals surface area contributed by atoms with Crippen molar-refractivity contribution >= 4 is 23.5 Å². The summed E-state index contributed by atoms with van der Waals surface area (Å²) in [4.78, 5) is 15.5. The number of carbonyl (C=O) groups excluding carboxylic acids is 1. The average Bonchev–Trinajstić information content (AvgIpc) is 2.85. The zero-order valence-electron chi connectivity index (χ0n) is 10.7. The third-order valence-corrected chi connectivity index (χ3v) is 3.94. The van der Waals surface area contributed by atoms with E-state index in [-0.39, 0.29) is 34.1 Å². The zero-order chi connectivity index (χ0) is 14.4. The lowest BCUT2D eigenvalue weighted by Crippen LogP contribution is -2.25. The Balaban J connectivity index is 2.29. The van der Waals surface area contributed by atoms with Crippen LogP contribution >= 0.6 is 11.6 Å². The van der Waals surface area contributed by atoms with Gasteiger partial charge >= 0.3 is 0 Å². The predicted octanol–water partition coefficient (Wildman–Crippen LogP) is 2.02. The van der Waals surface area contributed by atoms with Gasteiger partial charge in [-0.15, -0.1) is 0 Å². The molecule has 6 heteroatoms. The molecule has 4 N–H and O–H groups in total. The summed E-state index contributed by atoms with van der Waals surface area (Å²) in [6, 6.07) is 4.57. The highest BCUT2D eigenvalue weighted by atomic mass is 35.5. The fourth-order valence-electron chi connectivity index (χ4n) is 2.62. The van der Waals surface area contributed by atoms with E-state index >= 15 is 0 Å². The molecule has 4 nitrogen and oxygen atoms in total. The van der Waals surface area contributed by atoms with Crippen molar-refractivity contribution in [1.82, 2.24) is 0 Å². The van der Waals surface area contributed by atoms with Gasteiger partial charge in [0.25, 0.3) is 5.91 Å². The van der Waals surface area contributed by atoms with E-state index < -0.39 is 5.82 Å². The van der Waals surface area contributed by atoms with Crippen molar-refractivity contribution in [2.75, 3.05) is 0 Å². The molecular weight excluding hydrogens is 269 g/mol. The summed E-state index contributed by atoms with van der Waals surface area (Å²) in [7, 11) is 0. The number of amides is 1. The Hall–Kier alpha value is -1.62. The zero-order valence-corrected chi connectivity index (χ0v) is 11.4. The van der Waals surface area contributed by atoms with E-state index in [0.29, 0.717) is 0 Å². The lowest BCUT2D eigenvalue weighted by atomic mass is 10.0. The molecule has 1 fully saturated rings. The molecule has 0 radical (unpaired) electrons. The maximum absolute atomic E-state index is 13.5. The van der Waals surface area contributed by atoms with Gasteiger partial charge in [0, 0.05) is 5.92 Å². The number of benzene rings is 1. The van der Waals surface area contributed by atoms with Crippen molar-refractivity contribution in [1.29, 1.82) is 0 Å². The maximum atomic E-state index is 13.5. The topological polar surface area (TPSA) is 81.5 Å². The van der Waals surface area contributed by atoms with E-state index in [1.54, 1.807) is 6.07 Å². The van der Waals surface area contributed by atoms with E-state index in [9.17, 15) is 9.18 Å². The molecule has 0 saturated heterocycles. The van der Waals surface area contributed by atoms with Crippen LogP contribution in [0.25, 0.3) is 0 Å². The first-order valence-corrected chi connectivity index (χ1v) is 6.21. The summed E-state index contributed by atoms with van der Waals surface area (Å²) in [5, 5.41) is 0.0642. The van der Waals surface area contributed by atoms with Crippen molar-refractivity contribution in [2.24, 2.45) is 27.8 Å².